The maximum atomic E-state index is 2.74. The molecule has 1 heterocycles. The van der Waals surface area contributed by atoms with Gasteiger partial charge in [-0.2, -0.15) is 0 Å². The van der Waals surface area contributed by atoms with Gasteiger partial charge in [0.2, 0.25) is 0 Å². The molecule has 33 heavy (non-hydrogen) atoms. The molecule has 1 fully saturated rings. The SMILES string of the molecule is Cc1ccc([Si](C)(C)C2([Si](C)(C)C)CC[C@]([Si](C)(C)C)([Si](C)(C)c3ccc(C)cc3)[Si]2)cc1. The first kappa shape index (κ1) is 27.1. The predicted molar refractivity (Wildman–Crippen MR) is 164 cm³/mol. The number of hydrogen-bond acceptors (Lipinski definition) is 0. The highest BCUT2D eigenvalue weighted by molar-refractivity contribution is 7.21. The van der Waals surface area contributed by atoms with Crippen molar-refractivity contribution in [1.29, 1.82) is 0 Å². The molecule has 180 valence electrons. The van der Waals surface area contributed by atoms with E-state index in [0.29, 0.717) is 8.57 Å². The van der Waals surface area contributed by atoms with Crippen molar-refractivity contribution in [2.75, 3.05) is 0 Å². The number of rotatable bonds is 6. The Morgan fingerprint density at radius 1 is 0.515 bits per heavy atom. The summed E-state index contributed by atoms with van der Waals surface area (Å²) < 4.78 is 1.15. The van der Waals surface area contributed by atoms with Crippen LogP contribution in [0.5, 0.6) is 0 Å². The van der Waals surface area contributed by atoms with E-state index in [9.17, 15) is 0 Å². The van der Waals surface area contributed by atoms with Gasteiger partial charge in [0.25, 0.3) is 0 Å². The van der Waals surface area contributed by atoms with Crippen LogP contribution in [0.3, 0.4) is 0 Å². The fourth-order valence-corrected chi connectivity index (χ4v) is 41.0. The van der Waals surface area contributed by atoms with Crippen molar-refractivity contribution in [2.45, 2.75) is 101 Å². The van der Waals surface area contributed by atoms with Crippen molar-refractivity contribution >= 4 is 52.2 Å². The second kappa shape index (κ2) is 8.58. The Hall–Kier alpha value is -0.476. The lowest BCUT2D eigenvalue weighted by Gasteiger charge is -2.56. The summed E-state index contributed by atoms with van der Waals surface area (Å²) in [6.45, 7) is 31.7. The molecule has 0 amide bonds. The predicted octanol–water partition coefficient (Wildman–Crippen LogP) is 7.48. The molecule has 5 heteroatoms. The second-order valence-corrected chi connectivity index (χ2v) is 38.9. The monoisotopic (exact) mass is 524 g/mol. The topological polar surface area (TPSA) is 0 Å². The first-order valence-corrected chi connectivity index (χ1v) is 26.8. The average molecular weight is 525 g/mol. The normalized spacial score (nSPS) is 24.8. The summed E-state index contributed by atoms with van der Waals surface area (Å²) in [4.78, 5) is 0. The van der Waals surface area contributed by atoms with Gasteiger partial charge in [-0.3, -0.25) is 0 Å². The van der Waals surface area contributed by atoms with Crippen LogP contribution in [-0.2, 0) is 0 Å². The van der Waals surface area contributed by atoms with Crippen LogP contribution in [0, 0.1) is 13.8 Å². The molecule has 0 aromatic heterocycles. The smallest absolute Gasteiger partial charge is 0.0696 e. The van der Waals surface area contributed by atoms with Crippen molar-refractivity contribution in [3.8, 4) is 0 Å². The molecule has 1 aliphatic heterocycles. The molecule has 1 saturated heterocycles. The van der Waals surface area contributed by atoms with Gasteiger partial charge in [0.15, 0.2) is 0 Å². The van der Waals surface area contributed by atoms with Gasteiger partial charge in [-0.25, -0.2) is 0 Å². The van der Waals surface area contributed by atoms with Crippen LogP contribution in [0.4, 0.5) is 0 Å². The van der Waals surface area contributed by atoms with Gasteiger partial charge in [-0.15, -0.1) is 0 Å². The average Bonchev–Trinajstić information content (AvgIpc) is 3.14. The van der Waals surface area contributed by atoms with E-state index < -0.39 is 32.3 Å². The molecule has 0 nitrogen and oxygen atoms in total. The third-order valence-corrected chi connectivity index (χ3v) is 42.8. The molecule has 0 saturated carbocycles. The Morgan fingerprint density at radius 2 is 0.788 bits per heavy atom. The van der Waals surface area contributed by atoms with Crippen LogP contribution in [-0.4, -0.2) is 41.8 Å². The summed E-state index contributed by atoms with van der Waals surface area (Å²) in [6, 6.07) is 19.5. The van der Waals surface area contributed by atoms with Gasteiger partial charge < -0.3 is 0 Å². The van der Waals surface area contributed by atoms with E-state index >= 15 is 0 Å². The molecule has 0 aliphatic carbocycles. The van der Waals surface area contributed by atoms with Gasteiger partial charge >= 0.3 is 0 Å². The molecule has 2 aromatic carbocycles. The highest BCUT2D eigenvalue weighted by atomic mass is 28.5. The highest BCUT2D eigenvalue weighted by Crippen LogP contribution is 2.66. The Labute approximate surface area is 211 Å². The summed E-state index contributed by atoms with van der Waals surface area (Å²) in [5.41, 5.74) is 2.78. The summed E-state index contributed by atoms with van der Waals surface area (Å²) in [6.07, 6.45) is 2.95. The van der Waals surface area contributed by atoms with E-state index in [2.05, 4.69) is 128 Å². The zero-order chi connectivity index (χ0) is 25.1. The molecular weight excluding hydrogens is 477 g/mol. The molecule has 1 unspecified atom stereocenters. The van der Waals surface area contributed by atoms with Gasteiger partial charge in [-0.1, -0.05) is 148 Å². The van der Waals surface area contributed by atoms with E-state index in [-0.39, 0.29) is 0 Å². The van der Waals surface area contributed by atoms with Crippen molar-refractivity contribution in [3.63, 3.8) is 0 Å². The van der Waals surface area contributed by atoms with Crippen LogP contribution < -0.4 is 10.4 Å². The summed E-state index contributed by atoms with van der Waals surface area (Å²) in [7, 11) is -5.14. The number of benzene rings is 2. The van der Waals surface area contributed by atoms with Crippen LogP contribution in [0.25, 0.3) is 0 Å². The van der Waals surface area contributed by atoms with Gasteiger partial charge in [0, 0.05) is 25.7 Å². The van der Waals surface area contributed by atoms with E-state index in [1.165, 1.54) is 24.0 Å². The van der Waals surface area contributed by atoms with Crippen LogP contribution in [0.1, 0.15) is 24.0 Å². The molecular formula is C28H48Si5. The number of aryl methyl sites for hydroxylation is 2. The highest BCUT2D eigenvalue weighted by Gasteiger charge is 2.68. The largest absolute Gasteiger partial charge is 0.0811 e. The van der Waals surface area contributed by atoms with Crippen LogP contribution in [0.2, 0.25) is 74.0 Å². The minimum atomic E-state index is -1.69. The lowest BCUT2D eigenvalue weighted by Crippen LogP contribution is -2.69. The van der Waals surface area contributed by atoms with Crippen LogP contribution in [0.15, 0.2) is 48.5 Å². The Bertz CT molecular complexity index is 895. The van der Waals surface area contributed by atoms with E-state index in [4.69, 9.17) is 0 Å². The van der Waals surface area contributed by atoms with Crippen molar-refractivity contribution < 1.29 is 0 Å². The maximum Gasteiger partial charge on any atom is 0.0811 e. The number of hydrogen-bond donors (Lipinski definition) is 0. The lowest BCUT2D eigenvalue weighted by atomic mass is 10.2. The van der Waals surface area contributed by atoms with Crippen molar-refractivity contribution in [1.82, 2.24) is 0 Å². The fourth-order valence-electron chi connectivity index (χ4n) is 7.24. The minimum absolute atomic E-state index is 0.574. The minimum Gasteiger partial charge on any atom is -0.0696 e. The first-order chi connectivity index (χ1) is 14.9. The standard InChI is InChI=1S/C28H48Si5/c1-23-13-17-25(18-14-23)32(9,10)27(30(3,4)5)21-22-28(29-27,31(6,7)8)33(11,12)26-19-15-24(2)16-20-26/h13-20H,21-22H2,1-12H3/t27-,28?/m0/s1. The Balaban J connectivity index is 2.23. The molecule has 0 bridgehead atoms. The summed E-state index contributed by atoms with van der Waals surface area (Å²) in [5.74, 6) is 0. The third-order valence-electron chi connectivity index (χ3n) is 9.54. The lowest BCUT2D eigenvalue weighted by molar-refractivity contribution is 0.767. The van der Waals surface area contributed by atoms with Gasteiger partial charge in [0.1, 0.15) is 0 Å². The molecule has 1 aliphatic rings. The summed E-state index contributed by atoms with van der Waals surface area (Å²) in [5, 5.41) is 3.40. The first-order valence-electron chi connectivity index (χ1n) is 12.8. The molecule has 2 radical (unpaired) electrons. The fraction of sp³-hybridized carbons (Fsp3) is 0.571. The van der Waals surface area contributed by atoms with Gasteiger partial charge in [-0.05, 0) is 22.4 Å². The van der Waals surface area contributed by atoms with E-state index in [1.54, 1.807) is 10.4 Å². The molecule has 0 spiro atoms. The van der Waals surface area contributed by atoms with Crippen molar-refractivity contribution in [2.24, 2.45) is 0 Å². The Kier molecular flexibility index (Phi) is 7.05. The summed E-state index contributed by atoms with van der Waals surface area (Å²) >= 11 is 0. The molecule has 2 atom stereocenters. The second-order valence-electron chi connectivity index (χ2n) is 13.9. The van der Waals surface area contributed by atoms with Crippen LogP contribution >= 0.6 is 0 Å². The molecule has 0 N–H and O–H groups in total. The zero-order valence-electron chi connectivity index (χ0n) is 23.5. The van der Waals surface area contributed by atoms with Crippen molar-refractivity contribution in [3.05, 3.63) is 59.7 Å². The maximum absolute atomic E-state index is 2.74. The Morgan fingerprint density at radius 3 is 1.03 bits per heavy atom. The van der Waals surface area contributed by atoms with Gasteiger partial charge in [0.05, 0.1) is 16.1 Å². The van der Waals surface area contributed by atoms with E-state index in [0.717, 1.165) is 9.52 Å². The molecule has 3 rings (SSSR count). The molecule has 2 aromatic rings. The quantitative estimate of drug-likeness (QED) is 0.343. The van der Waals surface area contributed by atoms with E-state index in [1.807, 2.05) is 0 Å². The third kappa shape index (κ3) is 4.24. The zero-order valence-corrected chi connectivity index (χ0v) is 28.5.